The Kier molecular flexibility index (Phi) is 9.19. The molecule has 0 radical (unpaired) electrons. The van der Waals surface area contributed by atoms with Crippen molar-refractivity contribution < 1.29 is 9.59 Å². The SMILES string of the molecule is CC[C@H](C)NC(=O)[C@H](CC)N(Cc1ccc(Cl)cc1Cl)C(=O)Cc1ccc(C)cc1. The summed E-state index contributed by atoms with van der Waals surface area (Å²) in [6, 6.07) is 12.5. The largest absolute Gasteiger partial charge is 0.352 e. The lowest BCUT2D eigenvalue weighted by atomic mass is 10.1. The molecule has 0 spiro atoms. The summed E-state index contributed by atoms with van der Waals surface area (Å²) < 4.78 is 0. The average Bonchev–Trinajstić information content (AvgIpc) is 2.70. The minimum Gasteiger partial charge on any atom is -0.352 e. The Morgan fingerprint density at radius 2 is 1.70 bits per heavy atom. The van der Waals surface area contributed by atoms with E-state index in [9.17, 15) is 9.59 Å². The second-order valence-electron chi connectivity index (χ2n) is 7.66. The molecule has 6 heteroatoms. The van der Waals surface area contributed by atoms with Crippen LogP contribution in [0.4, 0.5) is 0 Å². The van der Waals surface area contributed by atoms with Crippen molar-refractivity contribution in [3.05, 3.63) is 69.2 Å². The maximum absolute atomic E-state index is 13.3. The fourth-order valence-electron chi connectivity index (χ4n) is 3.18. The van der Waals surface area contributed by atoms with Crippen molar-refractivity contribution >= 4 is 35.0 Å². The van der Waals surface area contributed by atoms with Crippen molar-refractivity contribution in [2.24, 2.45) is 0 Å². The van der Waals surface area contributed by atoms with E-state index in [1.165, 1.54) is 0 Å². The molecule has 0 fully saturated rings. The number of aryl methyl sites for hydroxylation is 1. The third-order valence-electron chi connectivity index (χ3n) is 5.22. The molecule has 0 aromatic heterocycles. The quantitative estimate of drug-likeness (QED) is 0.545. The summed E-state index contributed by atoms with van der Waals surface area (Å²) in [4.78, 5) is 27.9. The van der Waals surface area contributed by atoms with Gasteiger partial charge in [0.05, 0.1) is 6.42 Å². The highest BCUT2D eigenvalue weighted by Crippen LogP contribution is 2.24. The molecule has 0 aliphatic heterocycles. The Labute approximate surface area is 189 Å². The summed E-state index contributed by atoms with van der Waals surface area (Å²) in [6.07, 6.45) is 1.55. The number of halogens is 2. The molecular weight excluding hydrogens is 419 g/mol. The van der Waals surface area contributed by atoms with Gasteiger partial charge >= 0.3 is 0 Å². The van der Waals surface area contributed by atoms with E-state index in [1.54, 1.807) is 23.1 Å². The van der Waals surface area contributed by atoms with Crippen LogP contribution in [0.3, 0.4) is 0 Å². The molecule has 2 rings (SSSR count). The van der Waals surface area contributed by atoms with Crippen molar-refractivity contribution in [1.82, 2.24) is 10.2 Å². The number of carbonyl (C=O) groups excluding carboxylic acids is 2. The summed E-state index contributed by atoms with van der Waals surface area (Å²) in [7, 11) is 0. The Morgan fingerprint density at radius 3 is 2.27 bits per heavy atom. The fraction of sp³-hybridized carbons (Fsp3) is 0.417. The van der Waals surface area contributed by atoms with Gasteiger partial charge in [-0.05, 0) is 49.9 Å². The van der Waals surface area contributed by atoms with Gasteiger partial charge in [0.25, 0.3) is 0 Å². The number of amides is 2. The van der Waals surface area contributed by atoms with Gasteiger partial charge in [-0.2, -0.15) is 0 Å². The second kappa shape index (κ2) is 11.4. The molecule has 4 nitrogen and oxygen atoms in total. The number of hydrogen-bond donors (Lipinski definition) is 1. The third kappa shape index (κ3) is 6.75. The van der Waals surface area contributed by atoms with Gasteiger partial charge in [-0.3, -0.25) is 9.59 Å². The summed E-state index contributed by atoms with van der Waals surface area (Å²) in [6.45, 7) is 8.13. The Bertz CT molecular complexity index is 868. The van der Waals surface area contributed by atoms with Crippen LogP contribution in [0.25, 0.3) is 0 Å². The lowest BCUT2D eigenvalue weighted by molar-refractivity contribution is -0.141. The van der Waals surface area contributed by atoms with E-state index in [1.807, 2.05) is 52.0 Å². The molecule has 0 aliphatic carbocycles. The van der Waals surface area contributed by atoms with E-state index >= 15 is 0 Å². The van der Waals surface area contributed by atoms with E-state index in [2.05, 4.69) is 5.32 Å². The van der Waals surface area contributed by atoms with Gasteiger partial charge in [-0.25, -0.2) is 0 Å². The van der Waals surface area contributed by atoms with Crippen LogP contribution >= 0.6 is 23.2 Å². The molecular formula is C24H30Cl2N2O2. The zero-order valence-corrected chi connectivity index (χ0v) is 19.6. The standard InChI is InChI=1S/C24H30Cl2N2O2/c1-5-17(4)27-24(30)22(6-2)28(15-19-11-12-20(25)14-21(19)26)23(29)13-18-9-7-16(3)8-10-18/h7-12,14,17,22H,5-6,13,15H2,1-4H3,(H,27,30)/t17-,22-/m0/s1. The van der Waals surface area contributed by atoms with Gasteiger partial charge in [0.1, 0.15) is 6.04 Å². The van der Waals surface area contributed by atoms with E-state index in [-0.39, 0.29) is 30.8 Å². The van der Waals surface area contributed by atoms with E-state index in [4.69, 9.17) is 23.2 Å². The molecule has 2 amide bonds. The zero-order chi connectivity index (χ0) is 22.3. The van der Waals surface area contributed by atoms with Crippen LogP contribution in [0.1, 0.15) is 50.3 Å². The van der Waals surface area contributed by atoms with Gasteiger partial charge in [0.15, 0.2) is 0 Å². The van der Waals surface area contributed by atoms with E-state index in [0.717, 1.165) is 23.1 Å². The van der Waals surface area contributed by atoms with Crippen LogP contribution in [-0.2, 0) is 22.6 Å². The summed E-state index contributed by atoms with van der Waals surface area (Å²) >= 11 is 12.4. The topological polar surface area (TPSA) is 49.4 Å². The van der Waals surface area contributed by atoms with Gasteiger partial charge in [0, 0.05) is 22.6 Å². The molecule has 30 heavy (non-hydrogen) atoms. The van der Waals surface area contributed by atoms with Gasteiger partial charge in [0.2, 0.25) is 11.8 Å². The number of nitrogens with one attached hydrogen (secondary N) is 1. The molecule has 0 unspecified atom stereocenters. The molecule has 162 valence electrons. The highest BCUT2D eigenvalue weighted by Gasteiger charge is 2.29. The Balaban J connectivity index is 2.32. The van der Waals surface area contributed by atoms with Crippen molar-refractivity contribution in [3.63, 3.8) is 0 Å². The zero-order valence-electron chi connectivity index (χ0n) is 18.0. The van der Waals surface area contributed by atoms with Crippen molar-refractivity contribution in [3.8, 4) is 0 Å². The monoisotopic (exact) mass is 448 g/mol. The molecule has 1 N–H and O–H groups in total. The van der Waals surface area contributed by atoms with Gasteiger partial charge < -0.3 is 10.2 Å². The maximum Gasteiger partial charge on any atom is 0.243 e. The van der Waals surface area contributed by atoms with Crippen molar-refractivity contribution in [1.29, 1.82) is 0 Å². The number of carbonyl (C=O) groups is 2. The number of benzene rings is 2. The van der Waals surface area contributed by atoms with Gasteiger partial charge in [-0.1, -0.05) is 72.9 Å². The summed E-state index contributed by atoms with van der Waals surface area (Å²) in [5, 5.41) is 4.02. The smallest absolute Gasteiger partial charge is 0.243 e. The number of hydrogen-bond acceptors (Lipinski definition) is 2. The second-order valence-corrected chi connectivity index (χ2v) is 8.51. The first-order valence-electron chi connectivity index (χ1n) is 10.3. The predicted molar refractivity (Wildman–Crippen MR) is 124 cm³/mol. The minimum absolute atomic E-state index is 0.0414. The first-order valence-corrected chi connectivity index (χ1v) is 11.1. The van der Waals surface area contributed by atoms with Crippen LogP contribution in [0.2, 0.25) is 10.0 Å². The number of rotatable bonds is 9. The van der Waals surface area contributed by atoms with E-state index in [0.29, 0.717) is 16.5 Å². The lowest BCUT2D eigenvalue weighted by Gasteiger charge is -2.32. The first-order chi connectivity index (χ1) is 14.2. The molecule has 0 saturated carbocycles. The minimum atomic E-state index is -0.580. The molecule has 0 aliphatic rings. The van der Waals surface area contributed by atoms with E-state index < -0.39 is 6.04 Å². The summed E-state index contributed by atoms with van der Waals surface area (Å²) in [5.74, 6) is -0.259. The van der Waals surface area contributed by atoms with Crippen LogP contribution in [0, 0.1) is 6.92 Å². The number of nitrogens with zero attached hydrogens (tertiary/aromatic N) is 1. The Hall–Kier alpha value is -2.04. The first kappa shape index (κ1) is 24.2. The van der Waals surface area contributed by atoms with Crippen LogP contribution in [0.15, 0.2) is 42.5 Å². The molecule has 0 saturated heterocycles. The van der Waals surface area contributed by atoms with Crippen molar-refractivity contribution in [2.75, 3.05) is 0 Å². The third-order valence-corrected chi connectivity index (χ3v) is 5.81. The molecule has 0 heterocycles. The molecule has 2 aromatic rings. The molecule has 2 atom stereocenters. The van der Waals surface area contributed by atoms with Crippen LogP contribution in [0.5, 0.6) is 0 Å². The maximum atomic E-state index is 13.3. The highest BCUT2D eigenvalue weighted by molar-refractivity contribution is 6.35. The predicted octanol–water partition coefficient (Wildman–Crippen LogP) is 5.57. The molecule has 2 aromatic carbocycles. The highest BCUT2D eigenvalue weighted by atomic mass is 35.5. The molecule has 0 bridgehead atoms. The lowest BCUT2D eigenvalue weighted by Crippen LogP contribution is -2.51. The fourth-order valence-corrected chi connectivity index (χ4v) is 3.64. The average molecular weight is 449 g/mol. The van der Waals surface area contributed by atoms with Crippen LogP contribution < -0.4 is 5.32 Å². The Morgan fingerprint density at radius 1 is 1.03 bits per heavy atom. The summed E-state index contributed by atoms with van der Waals surface area (Å²) in [5.41, 5.74) is 2.80. The normalized spacial score (nSPS) is 12.9. The van der Waals surface area contributed by atoms with Crippen molar-refractivity contribution in [2.45, 2.75) is 65.6 Å². The van der Waals surface area contributed by atoms with Crippen LogP contribution in [-0.4, -0.2) is 28.8 Å². The van der Waals surface area contributed by atoms with Gasteiger partial charge in [-0.15, -0.1) is 0 Å².